The monoisotopic (exact) mass is 434 g/mol. The molecule has 2 heterocycles. The Morgan fingerprint density at radius 1 is 1.16 bits per heavy atom. The fourth-order valence-corrected chi connectivity index (χ4v) is 4.60. The third kappa shape index (κ3) is 4.50. The van der Waals surface area contributed by atoms with Gasteiger partial charge < -0.3 is 19.2 Å². The number of aryl methyl sites for hydroxylation is 1. The van der Waals surface area contributed by atoms with Crippen LogP contribution in [0.25, 0.3) is 0 Å². The number of fused-ring (bicyclic) bond motifs is 1. The Balaban J connectivity index is 1.69. The van der Waals surface area contributed by atoms with E-state index in [1.807, 2.05) is 6.92 Å². The van der Waals surface area contributed by atoms with Crippen LogP contribution in [0, 0.1) is 6.92 Å². The highest BCUT2D eigenvalue weighted by Gasteiger charge is 2.34. The highest BCUT2D eigenvalue weighted by atomic mass is 16.5. The van der Waals surface area contributed by atoms with E-state index in [0.29, 0.717) is 11.5 Å². The lowest BCUT2D eigenvalue weighted by Gasteiger charge is -2.41. The molecule has 0 saturated carbocycles. The van der Waals surface area contributed by atoms with Crippen LogP contribution in [0.15, 0.2) is 59.2 Å². The summed E-state index contributed by atoms with van der Waals surface area (Å²) in [7, 11) is 3.30. The van der Waals surface area contributed by atoms with Gasteiger partial charge in [0.2, 0.25) is 0 Å². The van der Waals surface area contributed by atoms with Crippen LogP contribution in [0.4, 0.5) is 0 Å². The van der Waals surface area contributed by atoms with E-state index in [2.05, 4.69) is 53.5 Å². The van der Waals surface area contributed by atoms with Crippen LogP contribution in [0.3, 0.4) is 0 Å². The summed E-state index contributed by atoms with van der Waals surface area (Å²) in [5.41, 5.74) is 4.85. The molecule has 1 aliphatic rings. The molecule has 3 aromatic rings. The van der Waals surface area contributed by atoms with Gasteiger partial charge in [0.1, 0.15) is 0 Å². The molecule has 6 heteroatoms. The van der Waals surface area contributed by atoms with Crippen LogP contribution in [-0.2, 0) is 13.0 Å². The number of carbonyl (C=O) groups excluding carboxylic acids is 1. The molecule has 32 heavy (non-hydrogen) atoms. The van der Waals surface area contributed by atoms with Crippen LogP contribution in [0.1, 0.15) is 45.8 Å². The molecule has 1 aromatic heterocycles. The van der Waals surface area contributed by atoms with Gasteiger partial charge in [-0.05, 0) is 61.2 Å². The van der Waals surface area contributed by atoms with Gasteiger partial charge in [-0.1, -0.05) is 29.8 Å². The average Bonchev–Trinajstić information content (AvgIpc) is 3.33. The molecular weight excluding hydrogens is 404 g/mol. The van der Waals surface area contributed by atoms with Crippen molar-refractivity contribution in [1.82, 2.24) is 10.2 Å². The second-order valence-electron chi connectivity index (χ2n) is 8.30. The lowest BCUT2D eigenvalue weighted by molar-refractivity contribution is 0.0850. The van der Waals surface area contributed by atoms with Crippen LogP contribution < -0.4 is 14.8 Å². The lowest BCUT2D eigenvalue weighted by atomic mass is 9.87. The van der Waals surface area contributed by atoms with Gasteiger partial charge in [-0.3, -0.25) is 9.69 Å². The van der Waals surface area contributed by atoms with Gasteiger partial charge >= 0.3 is 0 Å². The Hall–Kier alpha value is -3.25. The highest BCUT2D eigenvalue weighted by Crippen LogP contribution is 2.40. The zero-order valence-corrected chi connectivity index (χ0v) is 19.1. The lowest BCUT2D eigenvalue weighted by Crippen LogP contribution is -2.47. The zero-order valence-electron chi connectivity index (χ0n) is 19.1. The Bertz CT molecular complexity index is 1080. The van der Waals surface area contributed by atoms with E-state index in [-0.39, 0.29) is 18.0 Å². The van der Waals surface area contributed by atoms with E-state index in [4.69, 9.17) is 13.9 Å². The summed E-state index contributed by atoms with van der Waals surface area (Å²) < 4.78 is 16.4. The number of ether oxygens (including phenoxy) is 2. The maximum absolute atomic E-state index is 12.7. The fraction of sp³-hybridized carbons (Fsp3) is 0.346. The molecule has 1 aliphatic heterocycles. The number of nitrogens with one attached hydrogen (secondary N) is 1. The van der Waals surface area contributed by atoms with Gasteiger partial charge in [-0.15, -0.1) is 0 Å². The first-order valence-corrected chi connectivity index (χ1v) is 10.9. The number of hydrogen-bond donors (Lipinski definition) is 1. The first kappa shape index (κ1) is 22.0. The molecule has 0 radical (unpaired) electrons. The maximum Gasteiger partial charge on any atom is 0.287 e. The Morgan fingerprint density at radius 3 is 2.62 bits per heavy atom. The fourth-order valence-electron chi connectivity index (χ4n) is 4.60. The highest BCUT2D eigenvalue weighted by molar-refractivity contribution is 5.91. The van der Waals surface area contributed by atoms with Crippen molar-refractivity contribution >= 4 is 5.91 Å². The van der Waals surface area contributed by atoms with Crippen LogP contribution in [-0.4, -0.2) is 37.6 Å². The summed E-state index contributed by atoms with van der Waals surface area (Å²) in [5.74, 6) is 1.51. The van der Waals surface area contributed by atoms with Gasteiger partial charge in [-0.25, -0.2) is 0 Å². The van der Waals surface area contributed by atoms with E-state index < -0.39 is 0 Å². The van der Waals surface area contributed by atoms with Crippen molar-refractivity contribution < 1.29 is 18.7 Å². The van der Waals surface area contributed by atoms with Crippen molar-refractivity contribution in [3.63, 3.8) is 0 Å². The number of benzene rings is 2. The Kier molecular flexibility index (Phi) is 6.51. The maximum atomic E-state index is 12.7. The van der Waals surface area contributed by atoms with Crippen LogP contribution in [0.5, 0.6) is 11.5 Å². The molecular formula is C26H30N2O4. The van der Waals surface area contributed by atoms with E-state index in [9.17, 15) is 4.79 Å². The molecule has 0 aliphatic carbocycles. The number of carbonyl (C=O) groups is 1. The minimum Gasteiger partial charge on any atom is -0.493 e. The van der Waals surface area contributed by atoms with E-state index in [0.717, 1.165) is 30.8 Å². The molecule has 2 unspecified atom stereocenters. The summed E-state index contributed by atoms with van der Waals surface area (Å²) in [6.45, 7) is 5.82. The minimum atomic E-state index is -0.217. The molecule has 6 nitrogen and oxygen atoms in total. The number of methoxy groups -OCH3 is 2. The normalized spacial score (nSPS) is 16.8. The number of nitrogens with zero attached hydrogens (tertiary/aromatic N) is 1. The largest absolute Gasteiger partial charge is 0.493 e. The quantitative estimate of drug-likeness (QED) is 0.592. The topological polar surface area (TPSA) is 63.9 Å². The first-order chi connectivity index (χ1) is 15.5. The second-order valence-corrected chi connectivity index (χ2v) is 8.30. The third-order valence-electron chi connectivity index (χ3n) is 6.07. The van der Waals surface area contributed by atoms with Crippen molar-refractivity contribution in [2.45, 2.75) is 38.9 Å². The molecule has 0 bridgehead atoms. The number of hydrogen-bond acceptors (Lipinski definition) is 5. The van der Waals surface area contributed by atoms with Crippen molar-refractivity contribution in [3.8, 4) is 11.5 Å². The van der Waals surface area contributed by atoms with Gasteiger partial charge in [0.05, 0.1) is 26.5 Å². The number of rotatable bonds is 7. The summed E-state index contributed by atoms with van der Waals surface area (Å²) in [6, 6.07) is 15.9. The van der Waals surface area contributed by atoms with Crippen molar-refractivity contribution in [2.75, 3.05) is 20.8 Å². The van der Waals surface area contributed by atoms with Gasteiger partial charge in [-0.2, -0.15) is 0 Å². The zero-order chi connectivity index (χ0) is 22.7. The predicted octanol–water partition coefficient (Wildman–Crippen LogP) is 4.52. The molecule has 0 fully saturated rings. The second kappa shape index (κ2) is 9.49. The standard InChI is InChI=1S/C26H30N2O4/c1-17-7-5-8-19(13-17)16-28-11-10-20-14-23(30-3)24(31-4)15-21(20)25(28)18(2)27-26(29)22-9-6-12-32-22/h5-9,12-15,18,25H,10-11,16H2,1-4H3,(H,27,29). The minimum absolute atomic E-state index is 0.0296. The van der Waals surface area contributed by atoms with Crippen LogP contribution >= 0.6 is 0 Å². The van der Waals surface area contributed by atoms with Gasteiger partial charge in [0, 0.05) is 19.1 Å². The first-order valence-electron chi connectivity index (χ1n) is 10.9. The van der Waals surface area contributed by atoms with E-state index in [1.54, 1.807) is 26.4 Å². The molecule has 168 valence electrons. The number of amides is 1. The summed E-state index contributed by atoms with van der Waals surface area (Å²) in [6.07, 6.45) is 2.41. The average molecular weight is 435 g/mol. The molecule has 1 N–H and O–H groups in total. The van der Waals surface area contributed by atoms with Crippen molar-refractivity contribution in [2.24, 2.45) is 0 Å². The Morgan fingerprint density at radius 2 is 1.94 bits per heavy atom. The van der Waals surface area contributed by atoms with E-state index in [1.165, 1.54) is 23.0 Å². The molecule has 2 atom stereocenters. The van der Waals surface area contributed by atoms with Gasteiger partial charge in [0.25, 0.3) is 5.91 Å². The smallest absolute Gasteiger partial charge is 0.287 e. The van der Waals surface area contributed by atoms with Crippen molar-refractivity contribution in [3.05, 3.63) is 82.8 Å². The Labute approximate surface area is 189 Å². The molecule has 0 saturated heterocycles. The SMILES string of the molecule is COc1cc2c(cc1OC)C(C(C)NC(=O)c1ccco1)N(Cc1cccc(C)c1)CC2. The summed E-state index contributed by atoms with van der Waals surface area (Å²) >= 11 is 0. The molecule has 2 aromatic carbocycles. The summed E-state index contributed by atoms with van der Waals surface area (Å²) in [5, 5.41) is 3.14. The third-order valence-corrected chi connectivity index (χ3v) is 6.07. The van der Waals surface area contributed by atoms with Crippen LogP contribution in [0.2, 0.25) is 0 Å². The van der Waals surface area contributed by atoms with Gasteiger partial charge in [0.15, 0.2) is 17.3 Å². The molecule has 4 rings (SSSR count). The summed E-state index contributed by atoms with van der Waals surface area (Å²) in [4.78, 5) is 15.2. The molecule has 0 spiro atoms. The molecule has 1 amide bonds. The van der Waals surface area contributed by atoms with Crippen molar-refractivity contribution in [1.29, 1.82) is 0 Å². The number of furan rings is 1. The van der Waals surface area contributed by atoms with E-state index >= 15 is 0 Å². The predicted molar refractivity (Wildman–Crippen MR) is 123 cm³/mol.